The number of rotatable bonds is 7. The van der Waals surface area contributed by atoms with Gasteiger partial charge in [0.15, 0.2) is 0 Å². The van der Waals surface area contributed by atoms with E-state index in [4.69, 9.17) is 0 Å². The maximum absolute atomic E-state index is 4.39. The molecule has 0 atom stereocenters. The smallest absolute Gasteiger partial charge is 0.135 e. The van der Waals surface area contributed by atoms with E-state index in [-0.39, 0.29) is 0 Å². The molecule has 0 aliphatic heterocycles. The number of aromatic nitrogens is 2. The summed E-state index contributed by atoms with van der Waals surface area (Å²) < 4.78 is 0. The number of nitrogens with one attached hydrogen (secondary N) is 1. The highest BCUT2D eigenvalue weighted by molar-refractivity contribution is 5.59. The molecular formula is C16H22N4. The summed E-state index contributed by atoms with van der Waals surface area (Å²) in [7, 11) is 0. The van der Waals surface area contributed by atoms with Gasteiger partial charge in [-0.15, -0.1) is 0 Å². The molecule has 0 saturated heterocycles. The second-order valence-corrected chi connectivity index (χ2v) is 4.74. The molecular weight excluding hydrogens is 248 g/mol. The fourth-order valence-electron chi connectivity index (χ4n) is 2.14. The van der Waals surface area contributed by atoms with Crippen LogP contribution in [0.25, 0.3) is 0 Å². The molecule has 1 N–H and O–H groups in total. The topological polar surface area (TPSA) is 41.0 Å². The molecule has 1 heterocycles. The molecule has 2 rings (SSSR count). The van der Waals surface area contributed by atoms with Crippen LogP contribution in [0.5, 0.6) is 0 Å². The van der Waals surface area contributed by atoms with E-state index >= 15 is 0 Å². The van der Waals surface area contributed by atoms with Gasteiger partial charge in [0.05, 0.1) is 0 Å². The van der Waals surface area contributed by atoms with E-state index in [9.17, 15) is 0 Å². The van der Waals surface area contributed by atoms with Crippen molar-refractivity contribution >= 4 is 17.3 Å². The maximum atomic E-state index is 4.39. The van der Waals surface area contributed by atoms with Crippen molar-refractivity contribution in [3.8, 4) is 0 Å². The zero-order valence-electron chi connectivity index (χ0n) is 12.2. The van der Waals surface area contributed by atoms with E-state index < -0.39 is 0 Å². The van der Waals surface area contributed by atoms with Crippen molar-refractivity contribution in [2.45, 2.75) is 26.7 Å². The minimum absolute atomic E-state index is 0.832. The van der Waals surface area contributed by atoms with Crippen LogP contribution in [-0.2, 0) is 0 Å². The summed E-state index contributed by atoms with van der Waals surface area (Å²) in [5.41, 5.74) is 1.04. The Morgan fingerprint density at radius 1 is 1.00 bits per heavy atom. The van der Waals surface area contributed by atoms with E-state index in [0.29, 0.717) is 0 Å². The monoisotopic (exact) mass is 270 g/mol. The van der Waals surface area contributed by atoms with Crippen LogP contribution in [0.2, 0.25) is 0 Å². The molecule has 0 bridgehead atoms. The lowest BCUT2D eigenvalue weighted by Gasteiger charge is -2.22. The third-order valence-electron chi connectivity index (χ3n) is 3.01. The minimum atomic E-state index is 0.832. The van der Waals surface area contributed by atoms with E-state index in [1.807, 2.05) is 36.4 Å². The number of anilines is 3. The average molecular weight is 270 g/mol. The van der Waals surface area contributed by atoms with Crippen molar-refractivity contribution in [2.24, 2.45) is 0 Å². The van der Waals surface area contributed by atoms with Gasteiger partial charge in [-0.2, -0.15) is 0 Å². The summed E-state index contributed by atoms with van der Waals surface area (Å²) in [5, 5.41) is 3.31. The maximum Gasteiger partial charge on any atom is 0.135 e. The van der Waals surface area contributed by atoms with Crippen molar-refractivity contribution in [2.75, 3.05) is 23.3 Å². The molecule has 2 aromatic rings. The Balaban J connectivity index is 2.14. The standard InChI is InChI=1S/C16H22N4/c1-3-10-20(11-4-2)16-12-15(17-13-18-16)19-14-8-6-5-7-9-14/h5-9,12-13H,3-4,10-11H2,1-2H3,(H,17,18,19). The average Bonchev–Trinajstić information content (AvgIpc) is 2.48. The first-order chi connectivity index (χ1) is 9.83. The molecule has 4 heteroatoms. The molecule has 1 aromatic heterocycles. The number of hydrogen-bond donors (Lipinski definition) is 1. The van der Waals surface area contributed by atoms with Gasteiger partial charge in [-0.05, 0) is 25.0 Å². The van der Waals surface area contributed by atoms with E-state index in [2.05, 4.69) is 34.0 Å². The molecule has 0 aliphatic rings. The Bertz CT molecular complexity index is 507. The van der Waals surface area contributed by atoms with Gasteiger partial charge < -0.3 is 10.2 Å². The molecule has 4 nitrogen and oxygen atoms in total. The molecule has 0 radical (unpaired) electrons. The van der Waals surface area contributed by atoms with Gasteiger partial charge in [-0.3, -0.25) is 0 Å². The van der Waals surface area contributed by atoms with E-state index in [1.54, 1.807) is 6.33 Å². The van der Waals surface area contributed by atoms with Crippen LogP contribution in [0.3, 0.4) is 0 Å². The number of benzene rings is 1. The third kappa shape index (κ3) is 3.95. The van der Waals surface area contributed by atoms with Crippen LogP contribution in [0.4, 0.5) is 17.3 Å². The van der Waals surface area contributed by atoms with Crippen LogP contribution in [0.1, 0.15) is 26.7 Å². The molecule has 106 valence electrons. The molecule has 20 heavy (non-hydrogen) atoms. The Labute approximate surface area is 120 Å². The predicted molar refractivity (Wildman–Crippen MR) is 84.6 cm³/mol. The van der Waals surface area contributed by atoms with E-state index in [1.165, 1.54) is 0 Å². The van der Waals surface area contributed by atoms with Gasteiger partial charge >= 0.3 is 0 Å². The molecule has 0 fully saturated rings. The molecule has 0 amide bonds. The molecule has 0 unspecified atom stereocenters. The first-order valence-corrected chi connectivity index (χ1v) is 7.22. The summed E-state index contributed by atoms with van der Waals surface area (Å²) in [6.07, 6.45) is 3.86. The Morgan fingerprint density at radius 2 is 1.70 bits per heavy atom. The normalized spacial score (nSPS) is 10.3. The molecule has 0 aliphatic carbocycles. The van der Waals surface area contributed by atoms with Gasteiger partial charge in [-0.25, -0.2) is 9.97 Å². The summed E-state index contributed by atoms with van der Waals surface area (Å²) in [5.74, 6) is 1.82. The molecule has 0 spiro atoms. The summed E-state index contributed by atoms with van der Waals surface area (Å²) in [6.45, 7) is 6.42. The lowest BCUT2D eigenvalue weighted by Crippen LogP contribution is -2.25. The highest BCUT2D eigenvalue weighted by atomic mass is 15.2. The highest BCUT2D eigenvalue weighted by Crippen LogP contribution is 2.18. The van der Waals surface area contributed by atoms with Crippen molar-refractivity contribution < 1.29 is 0 Å². The predicted octanol–water partition coefficient (Wildman–Crippen LogP) is 3.85. The van der Waals surface area contributed by atoms with Crippen molar-refractivity contribution in [1.29, 1.82) is 0 Å². The van der Waals surface area contributed by atoms with Crippen molar-refractivity contribution in [3.63, 3.8) is 0 Å². The zero-order valence-corrected chi connectivity index (χ0v) is 12.2. The highest BCUT2D eigenvalue weighted by Gasteiger charge is 2.07. The van der Waals surface area contributed by atoms with Gasteiger partial charge in [0.1, 0.15) is 18.0 Å². The molecule has 1 aromatic carbocycles. The zero-order chi connectivity index (χ0) is 14.2. The number of nitrogens with zero attached hydrogens (tertiary/aromatic N) is 3. The van der Waals surface area contributed by atoms with Gasteiger partial charge in [0.25, 0.3) is 0 Å². The van der Waals surface area contributed by atoms with E-state index in [0.717, 1.165) is 43.3 Å². The number of hydrogen-bond acceptors (Lipinski definition) is 4. The first-order valence-electron chi connectivity index (χ1n) is 7.22. The Hall–Kier alpha value is -2.10. The van der Waals surface area contributed by atoms with Crippen LogP contribution in [0.15, 0.2) is 42.7 Å². The van der Waals surface area contributed by atoms with Gasteiger partial charge in [0.2, 0.25) is 0 Å². The fourth-order valence-corrected chi connectivity index (χ4v) is 2.14. The lowest BCUT2D eigenvalue weighted by molar-refractivity contribution is 0.733. The van der Waals surface area contributed by atoms with Crippen LogP contribution < -0.4 is 10.2 Å². The van der Waals surface area contributed by atoms with Crippen LogP contribution in [0, 0.1) is 0 Å². The molecule has 0 saturated carbocycles. The quantitative estimate of drug-likeness (QED) is 0.829. The van der Waals surface area contributed by atoms with Crippen molar-refractivity contribution in [1.82, 2.24) is 9.97 Å². The SMILES string of the molecule is CCCN(CCC)c1cc(Nc2ccccc2)ncn1. The Morgan fingerprint density at radius 3 is 2.35 bits per heavy atom. The Kier molecular flexibility index (Phi) is 5.35. The summed E-state index contributed by atoms with van der Waals surface area (Å²) >= 11 is 0. The van der Waals surface area contributed by atoms with Crippen LogP contribution in [-0.4, -0.2) is 23.1 Å². The first kappa shape index (κ1) is 14.3. The summed E-state index contributed by atoms with van der Waals surface area (Å²) in [6, 6.07) is 12.1. The van der Waals surface area contributed by atoms with Crippen molar-refractivity contribution in [3.05, 3.63) is 42.7 Å². The largest absolute Gasteiger partial charge is 0.356 e. The van der Waals surface area contributed by atoms with Gasteiger partial charge in [0, 0.05) is 24.8 Å². The van der Waals surface area contributed by atoms with Gasteiger partial charge in [-0.1, -0.05) is 32.0 Å². The number of para-hydroxylation sites is 1. The second-order valence-electron chi connectivity index (χ2n) is 4.74. The summed E-state index contributed by atoms with van der Waals surface area (Å²) in [4.78, 5) is 11.0. The second kappa shape index (κ2) is 7.48. The lowest BCUT2D eigenvalue weighted by atomic mass is 10.3. The fraction of sp³-hybridized carbons (Fsp3) is 0.375. The third-order valence-corrected chi connectivity index (χ3v) is 3.01. The van der Waals surface area contributed by atoms with Crippen LogP contribution >= 0.6 is 0 Å². The minimum Gasteiger partial charge on any atom is -0.356 e.